The van der Waals surface area contributed by atoms with Crippen LogP contribution in [0.3, 0.4) is 0 Å². The second-order valence-electron chi connectivity index (χ2n) is 3.95. The summed E-state index contributed by atoms with van der Waals surface area (Å²) in [6.45, 7) is 0. The van der Waals surface area contributed by atoms with Crippen molar-refractivity contribution in [3.05, 3.63) is 32.3 Å². The Labute approximate surface area is 110 Å². The van der Waals surface area contributed by atoms with Crippen LogP contribution in [-0.2, 0) is 7.05 Å². The molecule has 2 N–H and O–H groups in total. The first-order chi connectivity index (χ1) is 9.10. The third-order valence-electron chi connectivity index (χ3n) is 2.80. The number of thiophene rings is 1. The van der Waals surface area contributed by atoms with E-state index in [-0.39, 0.29) is 5.52 Å². The average molecular weight is 278 g/mol. The summed E-state index contributed by atoms with van der Waals surface area (Å²) in [5, 5.41) is 1.84. The van der Waals surface area contributed by atoms with Crippen LogP contribution in [0.25, 0.3) is 21.9 Å². The van der Waals surface area contributed by atoms with Gasteiger partial charge in [-0.05, 0) is 0 Å². The van der Waals surface area contributed by atoms with Gasteiger partial charge in [0, 0.05) is 18.5 Å². The largest absolute Gasteiger partial charge is 0.496 e. The molecule has 0 aromatic carbocycles. The Hall–Kier alpha value is -2.35. The van der Waals surface area contributed by atoms with Gasteiger partial charge in [-0.25, -0.2) is 9.78 Å². The van der Waals surface area contributed by atoms with Crippen molar-refractivity contribution in [1.82, 2.24) is 19.5 Å². The monoisotopic (exact) mass is 278 g/mol. The van der Waals surface area contributed by atoms with E-state index >= 15 is 0 Å². The molecule has 0 amide bonds. The number of aryl methyl sites for hydroxylation is 1. The predicted molar refractivity (Wildman–Crippen MR) is 71.8 cm³/mol. The number of fused-ring (bicyclic) bond motifs is 1. The van der Waals surface area contributed by atoms with Gasteiger partial charge in [-0.1, -0.05) is 0 Å². The first-order valence-corrected chi connectivity index (χ1v) is 6.30. The number of aromatic amines is 2. The molecule has 0 spiro atoms. The van der Waals surface area contributed by atoms with Crippen LogP contribution in [0.4, 0.5) is 0 Å². The van der Waals surface area contributed by atoms with Crippen LogP contribution in [-0.4, -0.2) is 26.6 Å². The maximum absolute atomic E-state index is 11.7. The molecule has 8 heteroatoms. The minimum absolute atomic E-state index is 0.282. The third kappa shape index (κ3) is 1.76. The van der Waals surface area contributed by atoms with E-state index in [0.29, 0.717) is 11.5 Å². The summed E-state index contributed by atoms with van der Waals surface area (Å²) in [4.78, 5) is 33.5. The van der Waals surface area contributed by atoms with Gasteiger partial charge < -0.3 is 9.72 Å². The van der Waals surface area contributed by atoms with Gasteiger partial charge in [-0.15, -0.1) is 11.3 Å². The highest BCUT2D eigenvalue weighted by atomic mass is 32.1. The van der Waals surface area contributed by atoms with E-state index in [1.807, 2.05) is 11.4 Å². The molecule has 0 saturated heterocycles. The predicted octanol–water partition coefficient (Wildman–Crippen LogP) is 0.687. The van der Waals surface area contributed by atoms with Crippen LogP contribution in [0.1, 0.15) is 0 Å². The van der Waals surface area contributed by atoms with Gasteiger partial charge in [0.25, 0.3) is 5.56 Å². The molecular weight excluding hydrogens is 268 g/mol. The summed E-state index contributed by atoms with van der Waals surface area (Å²) in [6, 6.07) is 1.81. The van der Waals surface area contributed by atoms with Gasteiger partial charge in [0.1, 0.15) is 11.3 Å². The standard InChI is InChI=1S/C11H10N4O3S/c1-15-9-7(10(16)14-11(15)17)12-8(13-9)6-3-5(18-2)4-19-6/h3-4H,1-2H3,(H,12,13)(H,14,16,17). The fraction of sp³-hybridized carbons (Fsp3) is 0.182. The molecule has 0 bridgehead atoms. The Kier molecular flexibility index (Phi) is 2.53. The van der Waals surface area contributed by atoms with Crippen molar-refractivity contribution in [3.8, 4) is 16.5 Å². The molecule has 19 heavy (non-hydrogen) atoms. The lowest BCUT2D eigenvalue weighted by atomic mass is 10.4. The second-order valence-corrected chi connectivity index (χ2v) is 4.86. The SMILES string of the molecule is COc1csc(-c2nc3c([nH]2)c(=O)[nH]c(=O)n3C)c1. The van der Waals surface area contributed by atoms with Crippen molar-refractivity contribution in [2.45, 2.75) is 0 Å². The van der Waals surface area contributed by atoms with Crippen molar-refractivity contribution < 1.29 is 4.74 Å². The smallest absolute Gasteiger partial charge is 0.329 e. The van der Waals surface area contributed by atoms with E-state index in [2.05, 4.69) is 15.0 Å². The van der Waals surface area contributed by atoms with Crippen molar-refractivity contribution >= 4 is 22.5 Å². The molecule has 0 saturated carbocycles. The Bertz CT molecular complexity index is 870. The number of hydrogen-bond donors (Lipinski definition) is 2. The molecule has 3 rings (SSSR count). The molecule has 0 aliphatic rings. The summed E-state index contributed by atoms with van der Waals surface area (Å²) in [6.07, 6.45) is 0. The molecule has 98 valence electrons. The van der Waals surface area contributed by atoms with Gasteiger partial charge in [0.05, 0.1) is 12.0 Å². The lowest BCUT2D eigenvalue weighted by Gasteiger charge is -1.94. The van der Waals surface area contributed by atoms with Crippen LogP contribution in [0.2, 0.25) is 0 Å². The highest BCUT2D eigenvalue weighted by Crippen LogP contribution is 2.29. The van der Waals surface area contributed by atoms with Gasteiger partial charge in [0.15, 0.2) is 11.5 Å². The van der Waals surface area contributed by atoms with Crippen molar-refractivity contribution in [2.75, 3.05) is 7.11 Å². The first kappa shape index (κ1) is 11.7. The molecule has 0 aliphatic heterocycles. The number of nitrogens with zero attached hydrogens (tertiary/aromatic N) is 2. The number of imidazole rings is 1. The lowest BCUT2D eigenvalue weighted by molar-refractivity contribution is 0.417. The molecule has 0 aliphatic carbocycles. The zero-order valence-corrected chi connectivity index (χ0v) is 11.0. The fourth-order valence-corrected chi connectivity index (χ4v) is 2.57. The zero-order chi connectivity index (χ0) is 13.6. The Morgan fingerprint density at radius 2 is 2.16 bits per heavy atom. The summed E-state index contributed by atoms with van der Waals surface area (Å²) in [5.74, 6) is 1.26. The molecule has 0 fully saturated rings. The van der Waals surface area contributed by atoms with Crippen molar-refractivity contribution in [1.29, 1.82) is 0 Å². The van der Waals surface area contributed by atoms with E-state index in [1.54, 1.807) is 14.2 Å². The van der Waals surface area contributed by atoms with Crippen LogP contribution >= 0.6 is 11.3 Å². The third-order valence-corrected chi connectivity index (χ3v) is 3.71. The Morgan fingerprint density at radius 1 is 1.37 bits per heavy atom. The minimum atomic E-state index is -0.487. The number of methoxy groups -OCH3 is 1. The van der Waals surface area contributed by atoms with Crippen LogP contribution in [0, 0.1) is 0 Å². The van der Waals surface area contributed by atoms with E-state index in [9.17, 15) is 9.59 Å². The fourth-order valence-electron chi connectivity index (χ4n) is 1.77. The Balaban J connectivity index is 2.27. The molecular formula is C11H10N4O3S. The van der Waals surface area contributed by atoms with Crippen molar-refractivity contribution in [2.24, 2.45) is 7.05 Å². The second kappa shape index (κ2) is 4.09. The van der Waals surface area contributed by atoms with Crippen LogP contribution in [0.15, 0.2) is 21.0 Å². The molecule has 0 atom stereocenters. The number of nitrogens with one attached hydrogen (secondary N) is 2. The molecule has 3 aromatic heterocycles. The topological polar surface area (TPSA) is 92.8 Å². The number of rotatable bonds is 2. The van der Waals surface area contributed by atoms with Gasteiger partial charge in [0.2, 0.25) is 0 Å². The van der Waals surface area contributed by atoms with E-state index < -0.39 is 11.2 Å². The quantitative estimate of drug-likeness (QED) is 0.721. The maximum Gasteiger partial charge on any atom is 0.329 e. The molecule has 0 radical (unpaired) electrons. The number of hydrogen-bond acceptors (Lipinski definition) is 5. The summed E-state index contributed by atoms with van der Waals surface area (Å²) < 4.78 is 6.40. The number of aromatic nitrogens is 4. The maximum atomic E-state index is 11.7. The normalized spacial score (nSPS) is 11.1. The molecule has 3 aromatic rings. The number of ether oxygens (including phenoxy) is 1. The average Bonchev–Trinajstić information content (AvgIpc) is 3.02. The van der Waals surface area contributed by atoms with E-state index in [4.69, 9.17) is 4.74 Å². The zero-order valence-electron chi connectivity index (χ0n) is 10.2. The van der Waals surface area contributed by atoms with Gasteiger partial charge in [-0.3, -0.25) is 14.3 Å². The molecule has 3 heterocycles. The highest BCUT2D eigenvalue weighted by molar-refractivity contribution is 7.13. The summed E-state index contributed by atoms with van der Waals surface area (Å²) in [7, 11) is 3.14. The minimum Gasteiger partial charge on any atom is -0.496 e. The van der Waals surface area contributed by atoms with E-state index in [0.717, 1.165) is 10.6 Å². The van der Waals surface area contributed by atoms with E-state index in [1.165, 1.54) is 15.9 Å². The van der Waals surface area contributed by atoms with Crippen LogP contribution in [0.5, 0.6) is 5.75 Å². The van der Waals surface area contributed by atoms with Crippen LogP contribution < -0.4 is 16.0 Å². The van der Waals surface area contributed by atoms with Crippen molar-refractivity contribution in [3.63, 3.8) is 0 Å². The first-order valence-electron chi connectivity index (χ1n) is 5.42. The molecule has 7 nitrogen and oxygen atoms in total. The van der Waals surface area contributed by atoms with Gasteiger partial charge >= 0.3 is 5.69 Å². The number of H-pyrrole nitrogens is 2. The molecule has 0 unspecified atom stereocenters. The Morgan fingerprint density at radius 3 is 2.84 bits per heavy atom. The summed E-state index contributed by atoms with van der Waals surface area (Å²) in [5.41, 5.74) is -0.347. The summed E-state index contributed by atoms with van der Waals surface area (Å²) >= 11 is 1.44. The highest BCUT2D eigenvalue weighted by Gasteiger charge is 2.13. The van der Waals surface area contributed by atoms with Gasteiger partial charge in [-0.2, -0.15) is 0 Å². The lowest BCUT2D eigenvalue weighted by Crippen LogP contribution is -2.28.